The van der Waals surface area contributed by atoms with E-state index in [1.54, 1.807) is 24.3 Å². The Morgan fingerprint density at radius 3 is 2.43 bits per heavy atom. The summed E-state index contributed by atoms with van der Waals surface area (Å²) >= 11 is 15.3. The summed E-state index contributed by atoms with van der Waals surface area (Å²) in [4.78, 5) is 11.8. The third-order valence-corrected chi connectivity index (χ3v) is 3.63. The average molecular weight is 392 g/mol. The first-order valence-corrected chi connectivity index (χ1v) is 7.45. The summed E-state index contributed by atoms with van der Waals surface area (Å²) in [5, 5.41) is 6.05. The number of anilines is 2. The van der Waals surface area contributed by atoms with E-state index in [0.717, 1.165) is 4.47 Å². The Labute approximate surface area is 139 Å². The smallest absolute Gasteiger partial charge is 0.243 e. The number of carbonyl (C=O) groups is 1. The molecule has 7 heteroatoms. The van der Waals surface area contributed by atoms with Crippen molar-refractivity contribution >= 4 is 56.4 Å². The molecule has 2 aromatic rings. The number of halogens is 4. The van der Waals surface area contributed by atoms with Crippen molar-refractivity contribution in [2.24, 2.45) is 0 Å². The van der Waals surface area contributed by atoms with Gasteiger partial charge in [-0.2, -0.15) is 0 Å². The van der Waals surface area contributed by atoms with Gasteiger partial charge in [-0.05, 0) is 24.3 Å². The van der Waals surface area contributed by atoms with E-state index in [2.05, 4.69) is 26.6 Å². The Bertz CT molecular complexity index is 659. The van der Waals surface area contributed by atoms with Crippen molar-refractivity contribution in [3.63, 3.8) is 0 Å². The monoisotopic (exact) mass is 390 g/mol. The second-order valence-electron chi connectivity index (χ2n) is 4.13. The molecule has 2 aromatic carbocycles. The molecule has 0 bridgehead atoms. The lowest BCUT2D eigenvalue weighted by atomic mass is 10.3. The van der Waals surface area contributed by atoms with Gasteiger partial charge in [0.05, 0.1) is 28.0 Å². The average Bonchev–Trinajstić information content (AvgIpc) is 2.40. The molecule has 2 N–H and O–H groups in total. The first-order valence-electron chi connectivity index (χ1n) is 5.90. The van der Waals surface area contributed by atoms with Crippen LogP contribution in [-0.2, 0) is 4.79 Å². The van der Waals surface area contributed by atoms with Crippen LogP contribution in [0.2, 0.25) is 10.0 Å². The van der Waals surface area contributed by atoms with Crippen molar-refractivity contribution in [1.29, 1.82) is 0 Å². The predicted octanol–water partition coefficient (Wildman–Crippen LogP) is 4.95. The van der Waals surface area contributed by atoms with Gasteiger partial charge in [0.15, 0.2) is 0 Å². The summed E-state index contributed by atoms with van der Waals surface area (Å²) in [6, 6.07) is 9.24. The van der Waals surface area contributed by atoms with Crippen molar-refractivity contribution in [3.8, 4) is 0 Å². The number of hydrogen-bond acceptors (Lipinski definition) is 2. The van der Waals surface area contributed by atoms with E-state index in [0.29, 0.717) is 15.7 Å². The van der Waals surface area contributed by atoms with Gasteiger partial charge in [-0.15, -0.1) is 0 Å². The zero-order valence-electron chi connectivity index (χ0n) is 10.6. The molecule has 110 valence electrons. The first-order chi connectivity index (χ1) is 9.97. The van der Waals surface area contributed by atoms with Crippen molar-refractivity contribution < 1.29 is 9.18 Å². The van der Waals surface area contributed by atoms with Crippen LogP contribution < -0.4 is 10.6 Å². The van der Waals surface area contributed by atoms with Gasteiger partial charge in [0.1, 0.15) is 5.82 Å². The number of para-hydroxylation sites is 1. The Morgan fingerprint density at radius 1 is 1.19 bits per heavy atom. The van der Waals surface area contributed by atoms with Gasteiger partial charge in [0.2, 0.25) is 5.91 Å². The minimum absolute atomic E-state index is 0.0879. The van der Waals surface area contributed by atoms with E-state index in [4.69, 9.17) is 23.2 Å². The molecule has 0 atom stereocenters. The number of nitrogens with one attached hydrogen (secondary N) is 2. The van der Waals surface area contributed by atoms with Crippen LogP contribution in [0.25, 0.3) is 0 Å². The molecule has 21 heavy (non-hydrogen) atoms. The molecule has 0 heterocycles. The highest BCUT2D eigenvalue weighted by Gasteiger charge is 2.10. The summed E-state index contributed by atoms with van der Waals surface area (Å²) in [5.41, 5.74) is 0.572. The fourth-order valence-corrected chi connectivity index (χ4v) is 2.98. The zero-order chi connectivity index (χ0) is 15.4. The van der Waals surface area contributed by atoms with Gasteiger partial charge in [-0.3, -0.25) is 4.79 Å². The molecule has 0 radical (unpaired) electrons. The fourth-order valence-electron chi connectivity index (χ4n) is 1.64. The second-order valence-corrected chi connectivity index (χ2v) is 5.86. The van der Waals surface area contributed by atoms with Crippen LogP contribution in [0.15, 0.2) is 40.9 Å². The van der Waals surface area contributed by atoms with Crippen LogP contribution in [0, 0.1) is 5.82 Å². The maximum Gasteiger partial charge on any atom is 0.243 e. The first kappa shape index (κ1) is 16.1. The molecular weight excluding hydrogens is 382 g/mol. The van der Waals surface area contributed by atoms with Crippen LogP contribution in [0.4, 0.5) is 15.8 Å². The van der Waals surface area contributed by atoms with Gasteiger partial charge in [-0.1, -0.05) is 51.3 Å². The highest BCUT2D eigenvalue weighted by Crippen LogP contribution is 2.33. The van der Waals surface area contributed by atoms with Crippen molar-refractivity contribution in [3.05, 3.63) is 56.7 Å². The molecule has 0 aliphatic heterocycles. The highest BCUT2D eigenvalue weighted by molar-refractivity contribution is 9.10. The van der Waals surface area contributed by atoms with E-state index in [1.807, 2.05) is 0 Å². The molecular formula is C14H10BrCl2FN2O. The molecule has 3 nitrogen and oxygen atoms in total. The summed E-state index contributed by atoms with van der Waals surface area (Å²) in [6.07, 6.45) is 0. The molecule has 0 aliphatic rings. The molecule has 0 aliphatic carbocycles. The Morgan fingerprint density at radius 2 is 1.81 bits per heavy atom. The number of hydrogen-bond donors (Lipinski definition) is 2. The minimum atomic E-state index is -0.495. The van der Waals surface area contributed by atoms with Crippen molar-refractivity contribution in [1.82, 2.24) is 0 Å². The van der Waals surface area contributed by atoms with Crippen LogP contribution in [0.1, 0.15) is 0 Å². The zero-order valence-corrected chi connectivity index (χ0v) is 13.7. The van der Waals surface area contributed by atoms with Crippen LogP contribution in [0.5, 0.6) is 0 Å². The van der Waals surface area contributed by atoms with E-state index in [1.165, 1.54) is 12.1 Å². The van der Waals surface area contributed by atoms with Crippen LogP contribution >= 0.6 is 39.1 Å². The van der Waals surface area contributed by atoms with Crippen LogP contribution in [0.3, 0.4) is 0 Å². The maximum atomic E-state index is 13.4. The van der Waals surface area contributed by atoms with E-state index < -0.39 is 11.7 Å². The second kappa shape index (κ2) is 7.11. The van der Waals surface area contributed by atoms with Crippen molar-refractivity contribution in [2.75, 3.05) is 17.2 Å². The molecule has 0 spiro atoms. The summed E-state index contributed by atoms with van der Waals surface area (Å²) in [7, 11) is 0. The topological polar surface area (TPSA) is 41.1 Å². The Kier molecular flexibility index (Phi) is 5.45. The summed E-state index contributed by atoms with van der Waals surface area (Å²) in [5.74, 6) is -0.902. The van der Waals surface area contributed by atoms with E-state index in [9.17, 15) is 9.18 Å². The number of rotatable bonds is 4. The van der Waals surface area contributed by atoms with Gasteiger partial charge < -0.3 is 10.6 Å². The molecule has 0 saturated carbocycles. The Hall–Kier alpha value is -1.30. The lowest BCUT2D eigenvalue weighted by Crippen LogP contribution is -2.22. The molecule has 0 saturated heterocycles. The third kappa shape index (κ3) is 4.33. The van der Waals surface area contributed by atoms with Gasteiger partial charge in [-0.25, -0.2) is 4.39 Å². The molecule has 1 amide bonds. The highest BCUT2D eigenvalue weighted by atomic mass is 79.9. The van der Waals surface area contributed by atoms with Gasteiger partial charge in [0, 0.05) is 4.47 Å². The third-order valence-electron chi connectivity index (χ3n) is 2.58. The summed E-state index contributed by atoms with van der Waals surface area (Å²) in [6.45, 7) is -0.0879. The van der Waals surface area contributed by atoms with E-state index in [-0.39, 0.29) is 12.2 Å². The SMILES string of the molecule is O=C(CNc1c(Cl)cc(Br)cc1Cl)Nc1ccccc1F. The summed E-state index contributed by atoms with van der Waals surface area (Å²) < 4.78 is 14.1. The predicted molar refractivity (Wildman–Crippen MR) is 87.7 cm³/mol. The molecule has 2 rings (SSSR count). The number of carbonyl (C=O) groups excluding carboxylic acids is 1. The maximum absolute atomic E-state index is 13.4. The van der Waals surface area contributed by atoms with Gasteiger partial charge >= 0.3 is 0 Å². The lowest BCUT2D eigenvalue weighted by molar-refractivity contribution is -0.114. The lowest BCUT2D eigenvalue weighted by Gasteiger charge is -2.11. The van der Waals surface area contributed by atoms with Crippen molar-refractivity contribution in [2.45, 2.75) is 0 Å². The van der Waals surface area contributed by atoms with Gasteiger partial charge in [0.25, 0.3) is 0 Å². The standard InChI is InChI=1S/C14H10BrCl2FN2O/c15-8-5-9(16)14(10(17)6-8)19-7-13(21)20-12-4-2-1-3-11(12)18/h1-6,19H,7H2,(H,20,21). The van der Waals surface area contributed by atoms with Crippen LogP contribution in [-0.4, -0.2) is 12.5 Å². The molecule has 0 aromatic heterocycles. The normalized spacial score (nSPS) is 10.3. The molecule has 0 unspecified atom stereocenters. The quantitative estimate of drug-likeness (QED) is 0.774. The number of amides is 1. The Balaban J connectivity index is 2.01. The molecule has 0 fully saturated rings. The minimum Gasteiger partial charge on any atom is -0.374 e. The van der Waals surface area contributed by atoms with E-state index >= 15 is 0 Å². The fraction of sp³-hybridized carbons (Fsp3) is 0.0714. The number of benzene rings is 2. The largest absolute Gasteiger partial charge is 0.374 e.